The van der Waals surface area contributed by atoms with Crippen LogP contribution >= 0.6 is 22.3 Å². The van der Waals surface area contributed by atoms with Crippen molar-refractivity contribution in [3.8, 4) is 0 Å². The van der Waals surface area contributed by atoms with Gasteiger partial charge in [0.25, 0.3) is 15.0 Å². The van der Waals surface area contributed by atoms with Crippen molar-refractivity contribution >= 4 is 37.2 Å². The van der Waals surface area contributed by atoms with Gasteiger partial charge in [-0.1, -0.05) is 32.4 Å². The van der Waals surface area contributed by atoms with Crippen LogP contribution in [0.15, 0.2) is 17.0 Å². The third-order valence-corrected chi connectivity index (χ3v) is 5.06. The van der Waals surface area contributed by atoms with Crippen molar-refractivity contribution in [1.82, 2.24) is 5.32 Å². The van der Waals surface area contributed by atoms with E-state index in [2.05, 4.69) is 5.32 Å². The second-order valence-corrected chi connectivity index (χ2v) is 8.22. The van der Waals surface area contributed by atoms with Crippen LogP contribution < -0.4 is 5.32 Å². The summed E-state index contributed by atoms with van der Waals surface area (Å²) < 4.78 is 23.1. The molecule has 0 heterocycles. The van der Waals surface area contributed by atoms with Gasteiger partial charge in [-0.2, -0.15) is 0 Å². The van der Waals surface area contributed by atoms with Crippen LogP contribution in [-0.4, -0.2) is 20.4 Å². The summed E-state index contributed by atoms with van der Waals surface area (Å²) in [6.07, 6.45) is 0.781. The predicted octanol–water partition coefficient (Wildman–Crippen LogP) is 3.74. The van der Waals surface area contributed by atoms with Gasteiger partial charge in [-0.05, 0) is 37.0 Å². The van der Waals surface area contributed by atoms with Gasteiger partial charge in [-0.25, -0.2) is 8.42 Å². The molecule has 0 aliphatic rings. The van der Waals surface area contributed by atoms with Gasteiger partial charge in [0, 0.05) is 27.3 Å². The van der Waals surface area contributed by atoms with Crippen molar-refractivity contribution in [2.75, 3.05) is 0 Å². The lowest BCUT2D eigenvalue weighted by molar-refractivity contribution is 0.0923. The Morgan fingerprint density at radius 3 is 2.33 bits per heavy atom. The van der Waals surface area contributed by atoms with E-state index in [4.69, 9.17) is 22.3 Å². The Labute approximate surface area is 135 Å². The fourth-order valence-electron chi connectivity index (χ4n) is 2.13. The number of rotatable bonds is 5. The first kappa shape index (κ1) is 18.3. The average molecular weight is 352 g/mol. The number of hydrogen-bond donors (Lipinski definition) is 1. The van der Waals surface area contributed by atoms with Gasteiger partial charge < -0.3 is 5.32 Å². The SMILES string of the molecule is CCC(NC(=O)c1cc(Cl)cc(S(=O)(=O)Cl)c1C)C(C)C. The summed E-state index contributed by atoms with van der Waals surface area (Å²) in [7, 11) is 1.42. The molecule has 0 saturated heterocycles. The summed E-state index contributed by atoms with van der Waals surface area (Å²) in [6.45, 7) is 7.53. The normalized spacial score (nSPS) is 13.3. The number of carbonyl (C=O) groups excluding carboxylic acids is 1. The zero-order valence-electron chi connectivity index (χ0n) is 12.4. The molecule has 1 rings (SSSR count). The number of carbonyl (C=O) groups is 1. The molecule has 0 aliphatic carbocycles. The van der Waals surface area contributed by atoms with Crippen LogP contribution in [0, 0.1) is 12.8 Å². The van der Waals surface area contributed by atoms with Crippen LogP contribution in [0.2, 0.25) is 5.02 Å². The van der Waals surface area contributed by atoms with E-state index in [0.717, 1.165) is 6.42 Å². The highest BCUT2D eigenvalue weighted by atomic mass is 35.7. The molecule has 1 aromatic carbocycles. The molecule has 0 spiro atoms. The van der Waals surface area contributed by atoms with E-state index in [9.17, 15) is 13.2 Å². The molecule has 118 valence electrons. The molecular formula is C14H19Cl2NO3S. The topological polar surface area (TPSA) is 63.2 Å². The van der Waals surface area contributed by atoms with Gasteiger partial charge in [0.15, 0.2) is 0 Å². The van der Waals surface area contributed by atoms with Crippen LogP contribution in [0.5, 0.6) is 0 Å². The molecule has 1 amide bonds. The maximum absolute atomic E-state index is 12.4. The molecule has 7 heteroatoms. The zero-order chi connectivity index (χ0) is 16.4. The Morgan fingerprint density at radius 2 is 1.90 bits per heavy atom. The number of benzene rings is 1. The Hall–Kier alpha value is -0.780. The second-order valence-electron chi connectivity index (χ2n) is 5.25. The first-order valence-corrected chi connectivity index (χ1v) is 9.32. The van der Waals surface area contributed by atoms with E-state index in [-0.39, 0.29) is 33.3 Å². The van der Waals surface area contributed by atoms with E-state index in [1.165, 1.54) is 19.1 Å². The fourth-order valence-corrected chi connectivity index (χ4v) is 3.64. The molecule has 0 aliphatic heterocycles. The summed E-state index contributed by atoms with van der Waals surface area (Å²) in [5, 5.41) is 3.05. The predicted molar refractivity (Wildman–Crippen MR) is 85.6 cm³/mol. The zero-order valence-corrected chi connectivity index (χ0v) is 14.7. The van der Waals surface area contributed by atoms with Crippen molar-refractivity contribution in [3.05, 3.63) is 28.3 Å². The first-order valence-electron chi connectivity index (χ1n) is 6.63. The summed E-state index contributed by atoms with van der Waals surface area (Å²) in [5.41, 5.74) is 0.520. The Kier molecular flexibility index (Phi) is 6.08. The highest BCUT2D eigenvalue weighted by molar-refractivity contribution is 8.13. The number of amides is 1. The maximum Gasteiger partial charge on any atom is 0.261 e. The highest BCUT2D eigenvalue weighted by Gasteiger charge is 2.22. The quantitative estimate of drug-likeness (QED) is 0.821. The van der Waals surface area contributed by atoms with Crippen LogP contribution in [0.1, 0.15) is 43.1 Å². The van der Waals surface area contributed by atoms with Crippen LogP contribution in [0.4, 0.5) is 0 Å². The van der Waals surface area contributed by atoms with Gasteiger partial charge in [-0.3, -0.25) is 4.79 Å². The van der Waals surface area contributed by atoms with Crippen molar-refractivity contribution in [2.45, 2.75) is 45.1 Å². The number of nitrogens with one attached hydrogen (secondary N) is 1. The van der Waals surface area contributed by atoms with Crippen molar-refractivity contribution in [3.63, 3.8) is 0 Å². The summed E-state index contributed by atoms with van der Waals surface area (Å²) >= 11 is 5.90. The second kappa shape index (κ2) is 6.99. The lowest BCUT2D eigenvalue weighted by Crippen LogP contribution is -2.38. The molecule has 0 radical (unpaired) electrons. The van der Waals surface area contributed by atoms with Gasteiger partial charge >= 0.3 is 0 Å². The largest absolute Gasteiger partial charge is 0.349 e. The van der Waals surface area contributed by atoms with E-state index in [0.29, 0.717) is 5.56 Å². The molecular weight excluding hydrogens is 333 g/mol. The smallest absolute Gasteiger partial charge is 0.261 e. The first-order chi connectivity index (χ1) is 9.57. The molecule has 0 bridgehead atoms. The molecule has 1 unspecified atom stereocenters. The number of hydrogen-bond acceptors (Lipinski definition) is 3. The van der Waals surface area contributed by atoms with Gasteiger partial charge in [0.2, 0.25) is 0 Å². The van der Waals surface area contributed by atoms with E-state index in [1.54, 1.807) is 0 Å². The third kappa shape index (κ3) is 4.59. The summed E-state index contributed by atoms with van der Waals surface area (Å²) in [5.74, 6) is -0.0770. The monoisotopic (exact) mass is 351 g/mol. The molecule has 0 fully saturated rings. The van der Waals surface area contributed by atoms with Crippen LogP contribution in [-0.2, 0) is 9.05 Å². The van der Waals surface area contributed by atoms with Gasteiger partial charge in [-0.15, -0.1) is 0 Å². The molecule has 0 saturated carbocycles. The molecule has 1 atom stereocenters. The van der Waals surface area contributed by atoms with Gasteiger partial charge in [0.05, 0.1) is 4.90 Å². The number of halogens is 2. The Balaban J connectivity index is 3.25. The summed E-state index contributed by atoms with van der Waals surface area (Å²) in [6, 6.07) is 2.70. The average Bonchev–Trinajstić information content (AvgIpc) is 2.36. The minimum absolute atomic E-state index is 0.00643. The van der Waals surface area contributed by atoms with Crippen LogP contribution in [0.25, 0.3) is 0 Å². The van der Waals surface area contributed by atoms with E-state index < -0.39 is 9.05 Å². The summed E-state index contributed by atoms with van der Waals surface area (Å²) in [4.78, 5) is 12.2. The fraction of sp³-hybridized carbons (Fsp3) is 0.500. The Bertz CT molecular complexity index is 642. The van der Waals surface area contributed by atoms with Crippen molar-refractivity contribution in [2.24, 2.45) is 5.92 Å². The maximum atomic E-state index is 12.4. The lowest BCUT2D eigenvalue weighted by Gasteiger charge is -2.21. The molecule has 21 heavy (non-hydrogen) atoms. The molecule has 1 aromatic rings. The van der Waals surface area contributed by atoms with Gasteiger partial charge in [0.1, 0.15) is 0 Å². The third-order valence-electron chi connectivity index (χ3n) is 3.39. The van der Waals surface area contributed by atoms with Crippen molar-refractivity contribution < 1.29 is 13.2 Å². The lowest BCUT2D eigenvalue weighted by atomic mass is 10.0. The molecule has 1 N–H and O–H groups in total. The van der Waals surface area contributed by atoms with Crippen molar-refractivity contribution in [1.29, 1.82) is 0 Å². The molecule has 4 nitrogen and oxygen atoms in total. The minimum Gasteiger partial charge on any atom is -0.349 e. The standard InChI is InChI=1S/C14H19Cl2NO3S/c1-5-12(8(2)3)17-14(18)11-6-10(15)7-13(9(11)4)21(16,19)20/h6-8,12H,5H2,1-4H3,(H,17,18). The Morgan fingerprint density at radius 1 is 1.33 bits per heavy atom. The highest BCUT2D eigenvalue weighted by Crippen LogP contribution is 2.27. The van der Waals surface area contributed by atoms with E-state index in [1.807, 2.05) is 20.8 Å². The minimum atomic E-state index is -3.95. The van der Waals surface area contributed by atoms with E-state index >= 15 is 0 Å². The van der Waals surface area contributed by atoms with Crippen LogP contribution in [0.3, 0.4) is 0 Å². The molecule has 0 aromatic heterocycles.